The summed E-state index contributed by atoms with van der Waals surface area (Å²) in [7, 11) is 0. The molecule has 0 saturated heterocycles. The number of unbranched alkanes of at least 4 members (excludes halogenated alkanes) is 18. The molecular formula is C54H90O6. The number of carbonyl (C=O) groups is 3. The van der Waals surface area contributed by atoms with Crippen LogP contribution in [0.15, 0.2) is 85.1 Å². The molecule has 0 aromatic rings. The lowest BCUT2D eigenvalue weighted by Gasteiger charge is -2.18. The summed E-state index contributed by atoms with van der Waals surface area (Å²) in [5, 5.41) is 0. The highest BCUT2D eigenvalue weighted by Gasteiger charge is 2.19. The van der Waals surface area contributed by atoms with Crippen LogP contribution in [0.5, 0.6) is 0 Å². The first kappa shape index (κ1) is 56.6. The number of esters is 3. The lowest BCUT2D eigenvalue weighted by molar-refractivity contribution is -0.167. The second-order valence-electron chi connectivity index (χ2n) is 16.0. The number of hydrogen-bond acceptors (Lipinski definition) is 6. The maximum absolute atomic E-state index is 12.8. The number of hydrogen-bond donors (Lipinski definition) is 0. The first-order valence-electron chi connectivity index (χ1n) is 24.6. The standard InChI is InChI=1S/C54H90O6/c1-4-7-10-13-16-19-22-25-26-27-28-30-32-35-38-41-44-47-53(56)59-50-51(49-58-52(55)46-43-40-37-34-31-24-21-18-15-12-9-6-3)60-54(57)48-45-42-39-36-33-29-23-20-17-14-11-8-5-2/h7,10,16,18-21,23,25-26,28,30,35,38,51H,4-6,8-9,11-15,17,22,24,27,29,31-34,36-37,39-50H2,1-3H3/b10-7-,19-16-,21-18-,23-20-,26-25-,30-28-,38-35-/t51-/m1/s1. The molecule has 0 aromatic carbocycles. The van der Waals surface area contributed by atoms with Crippen LogP contribution in [0.1, 0.15) is 220 Å². The van der Waals surface area contributed by atoms with Crippen LogP contribution >= 0.6 is 0 Å². The number of allylic oxidation sites excluding steroid dienone is 14. The van der Waals surface area contributed by atoms with Crippen LogP contribution in [0.2, 0.25) is 0 Å². The van der Waals surface area contributed by atoms with Gasteiger partial charge < -0.3 is 14.2 Å². The zero-order valence-corrected chi connectivity index (χ0v) is 38.9. The van der Waals surface area contributed by atoms with Gasteiger partial charge in [0.15, 0.2) is 6.10 Å². The molecular weight excluding hydrogens is 745 g/mol. The molecule has 0 aliphatic heterocycles. The van der Waals surface area contributed by atoms with E-state index in [-0.39, 0.29) is 37.5 Å². The van der Waals surface area contributed by atoms with Gasteiger partial charge in [-0.1, -0.05) is 176 Å². The molecule has 0 saturated carbocycles. The van der Waals surface area contributed by atoms with Gasteiger partial charge in [0.2, 0.25) is 0 Å². The van der Waals surface area contributed by atoms with Crippen molar-refractivity contribution in [1.82, 2.24) is 0 Å². The molecule has 6 nitrogen and oxygen atoms in total. The highest BCUT2D eigenvalue weighted by molar-refractivity contribution is 5.71. The molecule has 0 aliphatic carbocycles. The van der Waals surface area contributed by atoms with Crippen LogP contribution in [-0.4, -0.2) is 37.2 Å². The molecule has 0 N–H and O–H groups in total. The van der Waals surface area contributed by atoms with Crippen molar-refractivity contribution in [3.05, 3.63) is 85.1 Å². The monoisotopic (exact) mass is 835 g/mol. The van der Waals surface area contributed by atoms with Gasteiger partial charge in [0.1, 0.15) is 13.2 Å². The maximum Gasteiger partial charge on any atom is 0.306 e. The van der Waals surface area contributed by atoms with E-state index in [9.17, 15) is 14.4 Å². The van der Waals surface area contributed by atoms with E-state index in [1.165, 1.54) is 70.6 Å². The molecule has 0 rings (SSSR count). The van der Waals surface area contributed by atoms with Crippen LogP contribution in [0.4, 0.5) is 0 Å². The van der Waals surface area contributed by atoms with E-state index in [4.69, 9.17) is 14.2 Å². The van der Waals surface area contributed by atoms with Crippen molar-refractivity contribution in [2.75, 3.05) is 13.2 Å². The predicted molar refractivity (Wildman–Crippen MR) is 256 cm³/mol. The molecule has 0 spiro atoms. The fraction of sp³-hybridized carbons (Fsp3) is 0.685. The van der Waals surface area contributed by atoms with E-state index in [0.29, 0.717) is 19.3 Å². The lowest BCUT2D eigenvalue weighted by atomic mass is 10.1. The molecule has 6 heteroatoms. The van der Waals surface area contributed by atoms with Crippen molar-refractivity contribution in [3.63, 3.8) is 0 Å². The summed E-state index contributed by atoms with van der Waals surface area (Å²) in [5.74, 6) is -0.985. The van der Waals surface area contributed by atoms with E-state index in [2.05, 4.69) is 106 Å². The molecule has 0 fully saturated rings. The number of carbonyl (C=O) groups excluding carboxylic acids is 3. The molecule has 0 bridgehead atoms. The van der Waals surface area contributed by atoms with Gasteiger partial charge in [0, 0.05) is 19.3 Å². The highest BCUT2D eigenvalue weighted by atomic mass is 16.6. The minimum atomic E-state index is -0.805. The van der Waals surface area contributed by atoms with E-state index < -0.39 is 6.10 Å². The minimum absolute atomic E-state index is 0.103. The second-order valence-corrected chi connectivity index (χ2v) is 16.0. The largest absolute Gasteiger partial charge is 0.462 e. The molecule has 1 atom stereocenters. The first-order chi connectivity index (χ1) is 29.5. The fourth-order valence-electron chi connectivity index (χ4n) is 6.41. The van der Waals surface area contributed by atoms with Crippen molar-refractivity contribution < 1.29 is 28.6 Å². The average molecular weight is 835 g/mol. The third-order valence-corrected chi connectivity index (χ3v) is 10.1. The minimum Gasteiger partial charge on any atom is -0.462 e. The summed E-state index contributed by atoms with van der Waals surface area (Å²) >= 11 is 0. The summed E-state index contributed by atoms with van der Waals surface area (Å²) < 4.78 is 16.7. The molecule has 0 aliphatic rings. The van der Waals surface area contributed by atoms with Gasteiger partial charge in [-0.05, 0) is 109 Å². The van der Waals surface area contributed by atoms with Crippen LogP contribution < -0.4 is 0 Å². The SMILES string of the molecule is CC/C=C\C/C=C\C/C=C\C/C=C\C/C=C\CCCC(=O)OC[C@@H](COC(=O)CCCCCCC/C=C\CCCCC)OC(=O)CCCCCCC/C=C\CCCCCC. The molecule has 0 radical (unpaired) electrons. The van der Waals surface area contributed by atoms with E-state index in [0.717, 1.165) is 103 Å². The Kier molecular flexibility index (Phi) is 45.5. The molecule has 342 valence electrons. The van der Waals surface area contributed by atoms with Crippen LogP contribution in [0, 0.1) is 0 Å². The van der Waals surface area contributed by atoms with Crippen molar-refractivity contribution >= 4 is 17.9 Å². The van der Waals surface area contributed by atoms with Gasteiger partial charge in [-0.3, -0.25) is 14.4 Å². The topological polar surface area (TPSA) is 78.9 Å². The molecule has 0 heterocycles. The van der Waals surface area contributed by atoms with Gasteiger partial charge in [-0.2, -0.15) is 0 Å². The van der Waals surface area contributed by atoms with Crippen molar-refractivity contribution in [2.45, 2.75) is 226 Å². The van der Waals surface area contributed by atoms with Crippen LogP contribution in [-0.2, 0) is 28.6 Å². The summed E-state index contributed by atoms with van der Waals surface area (Å²) in [5.41, 5.74) is 0. The van der Waals surface area contributed by atoms with Gasteiger partial charge in [0.25, 0.3) is 0 Å². The zero-order chi connectivity index (χ0) is 43.7. The third kappa shape index (κ3) is 45.7. The molecule has 0 aromatic heterocycles. The van der Waals surface area contributed by atoms with Gasteiger partial charge >= 0.3 is 17.9 Å². The van der Waals surface area contributed by atoms with Gasteiger partial charge in [0.05, 0.1) is 0 Å². The summed E-state index contributed by atoms with van der Waals surface area (Å²) in [6.45, 7) is 6.40. The Hall–Kier alpha value is -3.41. The Morgan fingerprint density at radius 1 is 0.350 bits per heavy atom. The fourth-order valence-corrected chi connectivity index (χ4v) is 6.41. The summed E-state index contributed by atoms with van der Waals surface area (Å²) in [6.07, 6.45) is 61.4. The highest BCUT2D eigenvalue weighted by Crippen LogP contribution is 2.13. The van der Waals surface area contributed by atoms with Crippen molar-refractivity contribution in [2.24, 2.45) is 0 Å². The molecule has 0 amide bonds. The van der Waals surface area contributed by atoms with E-state index in [1.54, 1.807) is 0 Å². The quantitative estimate of drug-likeness (QED) is 0.0263. The number of ether oxygens (including phenoxy) is 3. The van der Waals surface area contributed by atoms with Crippen LogP contribution in [0.3, 0.4) is 0 Å². The smallest absolute Gasteiger partial charge is 0.306 e. The Bertz CT molecular complexity index is 1190. The molecule has 60 heavy (non-hydrogen) atoms. The van der Waals surface area contributed by atoms with Crippen molar-refractivity contribution in [1.29, 1.82) is 0 Å². The number of rotatable bonds is 43. The van der Waals surface area contributed by atoms with Gasteiger partial charge in [-0.25, -0.2) is 0 Å². The Morgan fingerprint density at radius 2 is 0.667 bits per heavy atom. The zero-order valence-electron chi connectivity index (χ0n) is 38.9. The van der Waals surface area contributed by atoms with Gasteiger partial charge in [-0.15, -0.1) is 0 Å². The normalized spacial score (nSPS) is 12.8. The van der Waals surface area contributed by atoms with E-state index in [1.807, 2.05) is 0 Å². The maximum atomic E-state index is 12.8. The predicted octanol–water partition coefficient (Wildman–Crippen LogP) is 16.0. The van der Waals surface area contributed by atoms with Crippen molar-refractivity contribution in [3.8, 4) is 0 Å². The summed E-state index contributed by atoms with van der Waals surface area (Å²) in [6, 6.07) is 0. The third-order valence-electron chi connectivity index (χ3n) is 10.1. The molecule has 0 unspecified atom stereocenters. The average Bonchev–Trinajstić information content (AvgIpc) is 3.24. The second kappa shape index (κ2) is 48.3. The van der Waals surface area contributed by atoms with Crippen LogP contribution in [0.25, 0.3) is 0 Å². The Labute approximate surface area is 369 Å². The summed E-state index contributed by atoms with van der Waals surface area (Å²) in [4.78, 5) is 37.8. The Morgan fingerprint density at radius 3 is 1.13 bits per heavy atom. The Balaban J connectivity index is 4.50. The first-order valence-corrected chi connectivity index (χ1v) is 24.6. The lowest BCUT2D eigenvalue weighted by Crippen LogP contribution is -2.30. The van der Waals surface area contributed by atoms with E-state index >= 15 is 0 Å².